The molecule has 0 bridgehead atoms. The van der Waals surface area contributed by atoms with E-state index in [0.29, 0.717) is 0 Å². The van der Waals surface area contributed by atoms with E-state index < -0.39 is 22.8 Å². The SMILES string of the molecule is COc1cc([N+](=O)[O-])ccc1NC(=O)C(N)CCC(=O)O. The number of rotatable bonds is 7. The second-order valence-corrected chi connectivity index (χ2v) is 4.17. The lowest BCUT2D eigenvalue weighted by Crippen LogP contribution is -2.36. The molecule has 0 aromatic heterocycles. The summed E-state index contributed by atoms with van der Waals surface area (Å²) in [5, 5.41) is 21.6. The maximum atomic E-state index is 11.8. The van der Waals surface area contributed by atoms with Crippen molar-refractivity contribution in [2.45, 2.75) is 18.9 Å². The van der Waals surface area contributed by atoms with Gasteiger partial charge in [0.15, 0.2) is 0 Å². The third kappa shape index (κ3) is 4.73. The summed E-state index contributed by atoms with van der Waals surface area (Å²) < 4.78 is 4.96. The van der Waals surface area contributed by atoms with E-state index in [1.807, 2.05) is 0 Å². The van der Waals surface area contributed by atoms with Crippen LogP contribution < -0.4 is 15.8 Å². The number of carboxylic acids is 1. The number of aliphatic carboxylic acids is 1. The van der Waals surface area contributed by atoms with Crippen LogP contribution in [0, 0.1) is 10.1 Å². The molecule has 0 aliphatic carbocycles. The van der Waals surface area contributed by atoms with Crippen molar-refractivity contribution in [2.75, 3.05) is 12.4 Å². The van der Waals surface area contributed by atoms with E-state index in [-0.39, 0.29) is 30.0 Å². The number of methoxy groups -OCH3 is 1. The van der Waals surface area contributed by atoms with Crippen LogP contribution in [0.3, 0.4) is 0 Å². The molecule has 21 heavy (non-hydrogen) atoms. The molecule has 0 aliphatic heterocycles. The highest BCUT2D eigenvalue weighted by Gasteiger charge is 2.18. The first-order valence-electron chi connectivity index (χ1n) is 5.95. The predicted molar refractivity (Wildman–Crippen MR) is 73.1 cm³/mol. The highest BCUT2D eigenvalue weighted by molar-refractivity contribution is 5.96. The normalized spacial score (nSPS) is 11.5. The van der Waals surface area contributed by atoms with Gasteiger partial charge in [0.05, 0.1) is 29.8 Å². The maximum absolute atomic E-state index is 11.8. The van der Waals surface area contributed by atoms with Crippen molar-refractivity contribution in [2.24, 2.45) is 5.73 Å². The summed E-state index contributed by atoms with van der Waals surface area (Å²) in [6.07, 6.45) is -0.248. The molecule has 1 aromatic rings. The van der Waals surface area contributed by atoms with Crippen LogP contribution in [0.1, 0.15) is 12.8 Å². The minimum atomic E-state index is -1.05. The number of nitro groups is 1. The average molecular weight is 297 g/mol. The standard InChI is InChI=1S/C12H15N3O6/c1-21-10-6-7(15(19)20)2-4-9(10)14-12(18)8(13)3-5-11(16)17/h2,4,6,8H,3,5,13H2,1H3,(H,14,18)(H,16,17). The van der Waals surface area contributed by atoms with E-state index >= 15 is 0 Å². The number of carbonyl (C=O) groups excluding carboxylic acids is 1. The summed E-state index contributed by atoms with van der Waals surface area (Å²) in [5.74, 6) is -1.53. The second kappa shape index (κ2) is 7.20. The molecule has 0 spiro atoms. The number of nitrogens with zero attached hydrogens (tertiary/aromatic N) is 1. The third-order valence-corrected chi connectivity index (χ3v) is 2.66. The van der Waals surface area contributed by atoms with Gasteiger partial charge in [0, 0.05) is 12.5 Å². The number of carboxylic acid groups (broad SMARTS) is 1. The third-order valence-electron chi connectivity index (χ3n) is 2.66. The van der Waals surface area contributed by atoms with Gasteiger partial charge < -0.3 is 20.9 Å². The van der Waals surface area contributed by atoms with E-state index in [1.165, 1.54) is 25.3 Å². The van der Waals surface area contributed by atoms with Crippen molar-refractivity contribution < 1.29 is 24.4 Å². The van der Waals surface area contributed by atoms with Crippen LogP contribution in [0.25, 0.3) is 0 Å². The largest absolute Gasteiger partial charge is 0.494 e. The van der Waals surface area contributed by atoms with E-state index in [0.717, 1.165) is 0 Å². The predicted octanol–water partition coefficient (Wildman–Crippen LogP) is 0.734. The maximum Gasteiger partial charge on any atom is 0.303 e. The fraction of sp³-hybridized carbons (Fsp3) is 0.333. The molecule has 0 saturated carbocycles. The van der Waals surface area contributed by atoms with Gasteiger partial charge in [-0.3, -0.25) is 19.7 Å². The number of non-ortho nitro benzene ring substituents is 1. The van der Waals surface area contributed by atoms with Gasteiger partial charge in [-0.1, -0.05) is 0 Å². The minimum absolute atomic E-state index is 0.0174. The molecule has 1 unspecified atom stereocenters. The molecular formula is C12H15N3O6. The molecule has 1 amide bonds. The van der Waals surface area contributed by atoms with Gasteiger partial charge in [0.1, 0.15) is 5.75 Å². The number of amides is 1. The van der Waals surface area contributed by atoms with Crippen LogP contribution in [0.15, 0.2) is 18.2 Å². The van der Waals surface area contributed by atoms with Gasteiger partial charge in [0.25, 0.3) is 5.69 Å². The van der Waals surface area contributed by atoms with Gasteiger partial charge >= 0.3 is 5.97 Å². The molecule has 114 valence electrons. The molecule has 9 heteroatoms. The number of carbonyl (C=O) groups is 2. The Bertz CT molecular complexity index is 560. The van der Waals surface area contributed by atoms with Crippen LogP contribution >= 0.6 is 0 Å². The summed E-state index contributed by atoms with van der Waals surface area (Å²) in [7, 11) is 1.30. The van der Waals surface area contributed by atoms with Crippen LogP contribution in [0.2, 0.25) is 0 Å². The number of ether oxygens (including phenoxy) is 1. The highest BCUT2D eigenvalue weighted by Crippen LogP contribution is 2.29. The van der Waals surface area contributed by atoms with Crippen LogP contribution in [0.4, 0.5) is 11.4 Å². The van der Waals surface area contributed by atoms with Crippen LogP contribution in [0.5, 0.6) is 5.75 Å². The lowest BCUT2D eigenvalue weighted by Gasteiger charge is -2.13. The second-order valence-electron chi connectivity index (χ2n) is 4.17. The molecule has 4 N–H and O–H groups in total. The van der Waals surface area contributed by atoms with Crippen molar-refractivity contribution in [1.82, 2.24) is 0 Å². The molecule has 1 rings (SSSR count). The van der Waals surface area contributed by atoms with Gasteiger partial charge in [-0.2, -0.15) is 0 Å². The number of hydrogen-bond donors (Lipinski definition) is 3. The van der Waals surface area contributed by atoms with E-state index in [9.17, 15) is 19.7 Å². The number of benzene rings is 1. The van der Waals surface area contributed by atoms with Gasteiger partial charge in [-0.05, 0) is 12.5 Å². The Labute approximate surface area is 119 Å². The fourth-order valence-corrected chi connectivity index (χ4v) is 1.53. The summed E-state index contributed by atoms with van der Waals surface area (Å²) in [6, 6.07) is 2.69. The van der Waals surface area contributed by atoms with Gasteiger partial charge in [0.2, 0.25) is 5.91 Å². The summed E-state index contributed by atoms with van der Waals surface area (Å²) in [5.41, 5.74) is 5.60. The topological polar surface area (TPSA) is 145 Å². The molecule has 0 aliphatic rings. The van der Waals surface area contributed by atoms with Crippen molar-refractivity contribution in [1.29, 1.82) is 0 Å². The Morgan fingerprint density at radius 3 is 2.71 bits per heavy atom. The molecular weight excluding hydrogens is 282 g/mol. The van der Waals surface area contributed by atoms with Crippen LogP contribution in [-0.2, 0) is 9.59 Å². The fourth-order valence-electron chi connectivity index (χ4n) is 1.53. The quantitative estimate of drug-likeness (QED) is 0.497. The zero-order chi connectivity index (χ0) is 16.0. The number of nitrogens with two attached hydrogens (primary N) is 1. The lowest BCUT2D eigenvalue weighted by molar-refractivity contribution is -0.384. The number of hydrogen-bond acceptors (Lipinski definition) is 6. The molecule has 0 radical (unpaired) electrons. The number of nitrogens with one attached hydrogen (secondary N) is 1. The minimum Gasteiger partial charge on any atom is -0.494 e. The van der Waals surface area contributed by atoms with Crippen LogP contribution in [-0.4, -0.2) is 35.1 Å². The molecule has 0 fully saturated rings. The summed E-state index contributed by atoms with van der Waals surface area (Å²) >= 11 is 0. The first-order valence-corrected chi connectivity index (χ1v) is 5.95. The molecule has 1 aromatic carbocycles. The van der Waals surface area contributed by atoms with E-state index in [2.05, 4.69) is 5.32 Å². The Balaban J connectivity index is 2.80. The molecule has 9 nitrogen and oxygen atoms in total. The first kappa shape index (κ1) is 16.4. The van der Waals surface area contributed by atoms with E-state index in [1.54, 1.807) is 0 Å². The molecule has 1 atom stereocenters. The highest BCUT2D eigenvalue weighted by atomic mass is 16.6. The Kier molecular flexibility index (Phi) is 5.61. The lowest BCUT2D eigenvalue weighted by atomic mass is 10.1. The summed E-state index contributed by atoms with van der Waals surface area (Å²) in [4.78, 5) is 32.3. The van der Waals surface area contributed by atoms with Crippen molar-refractivity contribution in [3.63, 3.8) is 0 Å². The van der Waals surface area contributed by atoms with Gasteiger partial charge in [-0.15, -0.1) is 0 Å². The zero-order valence-corrected chi connectivity index (χ0v) is 11.2. The van der Waals surface area contributed by atoms with E-state index in [4.69, 9.17) is 15.6 Å². The Morgan fingerprint density at radius 1 is 1.52 bits per heavy atom. The number of anilines is 1. The number of nitro benzene ring substituents is 1. The summed E-state index contributed by atoms with van der Waals surface area (Å²) in [6.45, 7) is 0. The average Bonchev–Trinajstić information content (AvgIpc) is 2.44. The zero-order valence-electron chi connectivity index (χ0n) is 11.2. The van der Waals surface area contributed by atoms with Crippen molar-refractivity contribution in [3.8, 4) is 5.75 Å². The Morgan fingerprint density at radius 2 is 2.19 bits per heavy atom. The van der Waals surface area contributed by atoms with Crippen molar-refractivity contribution >= 4 is 23.3 Å². The van der Waals surface area contributed by atoms with Crippen molar-refractivity contribution in [3.05, 3.63) is 28.3 Å². The molecule has 0 heterocycles. The molecule has 0 saturated heterocycles. The Hall–Kier alpha value is -2.68. The first-order chi connectivity index (χ1) is 9.85. The van der Waals surface area contributed by atoms with Gasteiger partial charge in [-0.25, -0.2) is 0 Å². The monoisotopic (exact) mass is 297 g/mol. The smallest absolute Gasteiger partial charge is 0.303 e.